The monoisotopic (exact) mass is 214 g/mol. The van der Waals surface area contributed by atoms with Crippen LogP contribution in [0, 0.1) is 0 Å². The largest absolute Gasteiger partial charge is 0.347 e. The van der Waals surface area contributed by atoms with Gasteiger partial charge in [0.15, 0.2) is 0 Å². The molecule has 1 aliphatic rings. The van der Waals surface area contributed by atoms with Gasteiger partial charge in [0.25, 0.3) is 0 Å². The van der Waals surface area contributed by atoms with Crippen LogP contribution >= 0.6 is 0 Å². The van der Waals surface area contributed by atoms with Crippen molar-refractivity contribution in [2.75, 3.05) is 0 Å². The first-order chi connectivity index (χ1) is 7.83. The van der Waals surface area contributed by atoms with E-state index in [0.717, 1.165) is 0 Å². The first-order valence-corrected chi connectivity index (χ1v) is 6.11. The third-order valence-corrected chi connectivity index (χ3v) is 3.84. The maximum atomic E-state index is 5.83. The summed E-state index contributed by atoms with van der Waals surface area (Å²) in [4.78, 5) is 0. The van der Waals surface area contributed by atoms with Gasteiger partial charge in [-0.15, -0.1) is 0 Å². The zero-order valence-electron chi connectivity index (χ0n) is 9.79. The first kappa shape index (κ1) is 9.91. The Labute approximate surface area is 96.1 Å². The molecule has 2 heteroatoms. The quantitative estimate of drug-likeness (QED) is 0.777. The number of hydrogen-bond donors (Lipinski definition) is 1. The van der Waals surface area contributed by atoms with Crippen molar-refractivity contribution in [3.63, 3.8) is 0 Å². The number of rotatable bonds is 1. The van der Waals surface area contributed by atoms with Gasteiger partial charge in [-0.2, -0.15) is 0 Å². The van der Waals surface area contributed by atoms with E-state index in [-0.39, 0.29) is 0 Å². The highest BCUT2D eigenvalue weighted by Gasteiger charge is 2.19. The summed E-state index contributed by atoms with van der Waals surface area (Å²) < 4.78 is 2.37. The Morgan fingerprint density at radius 1 is 1.25 bits per heavy atom. The minimum Gasteiger partial charge on any atom is -0.347 e. The van der Waals surface area contributed by atoms with Crippen molar-refractivity contribution in [3.8, 4) is 0 Å². The van der Waals surface area contributed by atoms with Crippen LogP contribution in [-0.4, -0.2) is 4.57 Å². The fourth-order valence-corrected chi connectivity index (χ4v) is 3.08. The van der Waals surface area contributed by atoms with Gasteiger partial charge in [0.1, 0.15) is 0 Å². The van der Waals surface area contributed by atoms with E-state index in [1.807, 2.05) is 0 Å². The van der Waals surface area contributed by atoms with Crippen molar-refractivity contribution in [2.45, 2.75) is 32.2 Å². The Bertz CT molecular complexity index is 537. The van der Waals surface area contributed by atoms with E-state index in [1.165, 1.54) is 47.8 Å². The molecule has 1 heterocycles. The van der Waals surface area contributed by atoms with Gasteiger partial charge in [-0.25, -0.2) is 0 Å². The molecule has 0 saturated heterocycles. The van der Waals surface area contributed by atoms with Crippen molar-refractivity contribution in [1.82, 2.24) is 4.57 Å². The molecule has 0 saturated carbocycles. The summed E-state index contributed by atoms with van der Waals surface area (Å²) in [6.07, 6.45) is 5.12. The highest BCUT2D eigenvalue weighted by molar-refractivity contribution is 5.88. The van der Waals surface area contributed by atoms with Gasteiger partial charge < -0.3 is 10.3 Å². The highest BCUT2D eigenvalue weighted by Crippen LogP contribution is 2.32. The standard InChI is InChI=1S/C14H18N2/c1-16-13-8-3-2-6-11(13)12-7-4-5-10(9-15)14(12)16/h4-5,7H,2-3,6,8-9,15H2,1H3. The van der Waals surface area contributed by atoms with Gasteiger partial charge in [0.2, 0.25) is 0 Å². The lowest BCUT2D eigenvalue weighted by Crippen LogP contribution is -2.05. The molecule has 0 aliphatic heterocycles. The smallest absolute Gasteiger partial charge is 0.0528 e. The van der Waals surface area contributed by atoms with E-state index in [9.17, 15) is 0 Å². The molecule has 0 amide bonds. The predicted molar refractivity (Wildman–Crippen MR) is 67.5 cm³/mol. The topological polar surface area (TPSA) is 30.9 Å². The number of hydrogen-bond acceptors (Lipinski definition) is 1. The summed E-state index contributed by atoms with van der Waals surface area (Å²) in [6.45, 7) is 0.633. The Morgan fingerprint density at radius 3 is 2.88 bits per heavy atom. The van der Waals surface area contributed by atoms with Gasteiger partial charge in [0, 0.05) is 24.7 Å². The van der Waals surface area contributed by atoms with Gasteiger partial charge in [-0.1, -0.05) is 18.2 Å². The molecule has 16 heavy (non-hydrogen) atoms. The average molecular weight is 214 g/mol. The lowest BCUT2D eigenvalue weighted by molar-refractivity contribution is 0.653. The molecule has 3 rings (SSSR count). The van der Waals surface area contributed by atoms with E-state index in [1.54, 1.807) is 5.56 Å². The van der Waals surface area contributed by atoms with E-state index in [4.69, 9.17) is 5.73 Å². The molecule has 0 atom stereocenters. The van der Waals surface area contributed by atoms with Crippen molar-refractivity contribution in [1.29, 1.82) is 0 Å². The van der Waals surface area contributed by atoms with Gasteiger partial charge in [-0.3, -0.25) is 0 Å². The number of fused-ring (bicyclic) bond motifs is 3. The molecule has 1 aromatic carbocycles. The van der Waals surface area contributed by atoms with Crippen molar-refractivity contribution >= 4 is 10.9 Å². The molecule has 0 spiro atoms. The van der Waals surface area contributed by atoms with Crippen LogP contribution in [0.4, 0.5) is 0 Å². The van der Waals surface area contributed by atoms with Crippen LogP contribution in [0.15, 0.2) is 18.2 Å². The summed E-state index contributed by atoms with van der Waals surface area (Å²) in [5.41, 5.74) is 11.6. The third-order valence-electron chi connectivity index (χ3n) is 3.84. The summed E-state index contributed by atoms with van der Waals surface area (Å²) in [5, 5.41) is 1.43. The molecule has 1 aliphatic carbocycles. The third kappa shape index (κ3) is 1.23. The number of aromatic nitrogens is 1. The van der Waals surface area contributed by atoms with E-state index in [0.29, 0.717) is 6.54 Å². The summed E-state index contributed by atoms with van der Waals surface area (Å²) in [5.74, 6) is 0. The van der Waals surface area contributed by atoms with Crippen molar-refractivity contribution < 1.29 is 0 Å². The van der Waals surface area contributed by atoms with Crippen LogP contribution in [0.1, 0.15) is 29.7 Å². The molecule has 2 aromatic rings. The van der Waals surface area contributed by atoms with Gasteiger partial charge in [-0.05, 0) is 36.8 Å². The lowest BCUT2D eigenvalue weighted by atomic mass is 9.95. The molecular formula is C14H18N2. The normalized spacial score (nSPS) is 15.4. The maximum Gasteiger partial charge on any atom is 0.0528 e. The average Bonchev–Trinajstić information content (AvgIpc) is 2.64. The van der Waals surface area contributed by atoms with Crippen molar-refractivity contribution in [2.24, 2.45) is 12.8 Å². The summed E-state index contributed by atoms with van der Waals surface area (Å²) in [7, 11) is 2.19. The summed E-state index contributed by atoms with van der Waals surface area (Å²) in [6, 6.07) is 6.53. The van der Waals surface area contributed by atoms with E-state index in [2.05, 4.69) is 29.8 Å². The van der Waals surface area contributed by atoms with Gasteiger partial charge >= 0.3 is 0 Å². The minimum atomic E-state index is 0.633. The maximum absolute atomic E-state index is 5.83. The Hall–Kier alpha value is -1.28. The Balaban J connectivity index is 2.39. The summed E-state index contributed by atoms with van der Waals surface area (Å²) >= 11 is 0. The van der Waals surface area contributed by atoms with Gasteiger partial charge in [0.05, 0.1) is 5.52 Å². The van der Waals surface area contributed by atoms with E-state index >= 15 is 0 Å². The zero-order chi connectivity index (χ0) is 11.1. The van der Waals surface area contributed by atoms with Crippen LogP contribution in [0.3, 0.4) is 0 Å². The fraction of sp³-hybridized carbons (Fsp3) is 0.429. The van der Waals surface area contributed by atoms with Crippen LogP contribution in [0.2, 0.25) is 0 Å². The number of para-hydroxylation sites is 1. The second-order valence-electron chi connectivity index (χ2n) is 4.71. The highest BCUT2D eigenvalue weighted by atomic mass is 15.0. The molecule has 84 valence electrons. The molecule has 0 fully saturated rings. The van der Waals surface area contributed by atoms with Crippen molar-refractivity contribution in [3.05, 3.63) is 35.0 Å². The number of nitrogens with zero attached hydrogens (tertiary/aromatic N) is 1. The van der Waals surface area contributed by atoms with Crippen LogP contribution < -0.4 is 5.73 Å². The zero-order valence-corrected chi connectivity index (χ0v) is 9.79. The molecule has 1 aromatic heterocycles. The number of aryl methyl sites for hydroxylation is 2. The SMILES string of the molecule is Cn1c2c(c3cccc(CN)c31)CCCC2. The minimum absolute atomic E-state index is 0.633. The Kier molecular flexibility index (Phi) is 2.25. The number of benzene rings is 1. The lowest BCUT2D eigenvalue weighted by Gasteiger charge is -2.13. The van der Waals surface area contributed by atoms with Crippen LogP contribution in [0.25, 0.3) is 10.9 Å². The number of nitrogens with two attached hydrogens (primary N) is 1. The predicted octanol–water partition coefficient (Wildman–Crippen LogP) is 2.52. The molecule has 0 bridgehead atoms. The first-order valence-electron chi connectivity index (χ1n) is 6.11. The molecular weight excluding hydrogens is 196 g/mol. The fourth-order valence-electron chi connectivity index (χ4n) is 3.08. The molecule has 0 unspecified atom stereocenters. The second kappa shape index (κ2) is 3.63. The molecule has 0 radical (unpaired) electrons. The van der Waals surface area contributed by atoms with E-state index < -0.39 is 0 Å². The van der Waals surface area contributed by atoms with Crippen LogP contribution in [-0.2, 0) is 26.4 Å². The molecule has 2 N–H and O–H groups in total. The second-order valence-corrected chi connectivity index (χ2v) is 4.71. The Morgan fingerprint density at radius 2 is 2.06 bits per heavy atom. The molecule has 2 nitrogen and oxygen atoms in total. The van der Waals surface area contributed by atoms with Crippen LogP contribution in [0.5, 0.6) is 0 Å².